The zero-order valence-electron chi connectivity index (χ0n) is 17.5. The van der Waals surface area contributed by atoms with Crippen LogP contribution in [0.1, 0.15) is 31.8 Å². The predicted octanol–water partition coefficient (Wildman–Crippen LogP) is 0.849. The van der Waals surface area contributed by atoms with Gasteiger partial charge in [-0.1, -0.05) is 60.7 Å². The van der Waals surface area contributed by atoms with E-state index in [1.807, 2.05) is 30.3 Å². The second kappa shape index (κ2) is 8.40. The van der Waals surface area contributed by atoms with E-state index >= 15 is 0 Å². The molecule has 7 nitrogen and oxygen atoms in total. The molecule has 33 heavy (non-hydrogen) atoms. The molecule has 0 bridgehead atoms. The Kier molecular flexibility index (Phi) is 5.90. The molecule has 0 aromatic heterocycles. The van der Waals surface area contributed by atoms with E-state index in [1.165, 1.54) is 12.1 Å². The largest absolute Gasteiger partial charge is 1.00 e. The fourth-order valence-electron chi connectivity index (χ4n) is 4.08. The summed E-state index contributed by atoms with van der Waals surface area (Å²) in [6, 6.07) is 20.1. The minimum absolute atomic E-state index is 0. The molecule has 4 aromatic rings. The van der Waals surface area contributed by atoms with Crippen molar-refractivity contribution in [1.82, 2.24) is 0 Å². The van der Waals surface area contributed by atoms with Gasteiger partial charge in [-0.05, 0) is 17.5 Å². The molecule has 158 valence electrons. The van der Waals surface area contributed by atoms with Crippen molar-refractivity contribution in [2.75, 3.05) is 11.1 Å². The van der Waals surface area contributed by atoms with Gasteiger partial charge in [-0.2, -0.15) is 0 Å². The maximum absolute atomic E-state index is 13.4. The number of nitrogens with one attached hydrogen (secondary N) is 1. The van der Waals surface area contributed by atoms with Crippen LogP contribution < -0.4 is 40.6 Å². The van der Waals surface area contributed by atoms with Crippen LogP contribution in [0.25, 0.3) is 10.8 Å². The van der Waals surface area contributed by atoms with Gasteiger partial charge in [-0.15, -0.1) is 0 Å². The van der Waals surface area contributed by atoms with Gasteiger partial charge in [0.25, 0.3) is 0 Å². The molecule has 0 saturated heterocycles. The third-order valence-corrected chi connectivity index (χ3v) is 6.40. The molecule has 0 fully saturated rings. The quantitative estimate of drug-likeness (QED) is 0.229. The Bertz CT molecular complexity index is 1580. The minimum Gasteiger partial charge on any atom is -0.744 e. The van der Waals surface area contributed by atoms with Crippen LogP contribution in [0.5, 0.6) is 0 Å². The summed E-state index contributed by atoms with van der Waals surface area (Å²) < 4.78 is 35.8. The summed E-state index contributed by atoms with van der Waals surface area (Å²) in [5.74, 6) is -1.10. The molecule has 0 unspecified atom stereocenters. The first-order valence-electron chi connectivity index (χ1n) is 9.63. The fraction of sp³-hybridized carbons (Fsp3) is 0. The fourth-order valence-corrected chi connectivity index (χ4v) is 4.71. The molecule has 0 aliphatic heterocycles. The Labute approximate surface area is 211 Å². The Balaban J connectivity index is 0.00000259. The van der Waals surface area contributed by atoms with E-state index in [0.29, 0.717) is 5.69 Å². The molecule has 9 heteroatoms. The summed E-state index contributed by atoms with van der Waals surface area (Å²) in [5.41, 5.74) is 5.99. The van der Waals surface area contributed by atoms with Gasteiger partial charge in [0.1, 0.15) is 10.1 Å². The maximum atomic E-state index is 13.4. The van der Waals surface area contributed by atoms with Crippen LogP contribution in [0.4, 0.5) is 17.1 Å². The van der Waals surface area contributed by atoms with Crippen LogP contribution in [0.15, 0.2) is 77.7 Å². The smallest absolute Gasteiger partial charge is 0.744 e. The second-order valence-corrected chi connectivity index (χ2v) is 8.74. The van der Waals surface area contributed by atoms with Crippen molar-refractivity contribution in [2.24, 2.45) is 0 Å². The minimum atomic E-state index is -5.02. The summed E-state index contributed by atoms with van der Waals surface area (Å²) >= 11 is 0. The number of carbonyl (C=O) groups is 2. The number of anilines is 3. The summed E-state index contributed by atoms with van der Waals surface area (Å²) in [4.78, 5) is 25.8. The molecule has 1 aliphatic carbocycles. The average molecular weight is 466 g/mol. The number of hydrogen-bond donors (Lipinski definition) is 2. The molecule has 0 heterocycles. The van der Waals surface area contributed by atoms with Gasteiger partial charge in [0, 0.05) is 22.2 Å². The van der Waals surface area contributed by atoms with Crippen LogP contribution in [0.3, 0.4) is 0 Å². The Morgan fingerprint density at radius 3 is 2.00 bits per heavy atom. The van der Waals surface area contributed by atoms with Crippen molar-refractivity contribution in [2.45, 2.75) is 4.90 Å². The molecule has 0 spiro atoms. The average Bonchev–Trinajstić information content (AvgIpc) is 2.78. The third-order valence-electron chi connectivity index (χ3n) is 5.53. The van der Waals surface area contributed by atoms with Crippen molar-refractivity contribution >= 4 is 49.5 Å². The standard InChI is InChI=1S/C24H16N2O5S.Na/c25-22-19(32(29,30)31)12-18(26-17-11-5-7-13-6-1-2-8-14(13)17)20-21(22)24(28)16-10-4-3-9-15(16)23(20)27;/h1-12,26H,25H2,(H,29,30,31);/q;+1/p-1. The van der Waals surface area contributed by atoms with E-state index in [-0.39, 0.29) is 57.5 Å². The van der Waals surface area contributed by atoms with Crippen molar-refractivity contribution in [3.63, 3.8) is 0 Å². The van der Waals surface area contributed by atoms with E-state index in [1.54, 1.807) is 24.3 Å². The number of carbonyl (C=O) groups excluding carboxylic acids is 2. The normalized spacial score (nSPS) is 12.6. The molecule has 4 aromatic carbocycles. The molecule has 5 rings (SSSR count). The van der Waals surface area contributed by atoms with E-state index in [0.717, 1.165) is 16.8 Å². The first kappa shape index (κ1) is 23.2. The summed E-state index contributed by atoms with van der Waals surface area (Å²) in [6.45, 7) is 0. The Hall–Kier alpha value is -3.01. The summed E-state index contributed by atoms with van der Waals surface area (Å²) in [6.07, 6.45) is 0. The van der Waals surface area contributed by atoms with Crippen LogP contribution >= 0.6 is 0 Å². The van der Waals surface area contributed by atoms with Crippen molar-refractivity contribution in [1.29, 1.82) is 0 Å². The molecule has 0 amide bonds. The number of ketones is 2. The molecular weight excluding hydrogens is 451 g/mol. The molecule has 0 radical (unpaired) electrons. The predicted molar refractivity (Wildman–Crippen MR) is 119 cm³/mol. The van der Waals surface area contributed by atoms with Gasteiger partial charge in [-0.3, -0.25) is 9.59 Å². The first-order chi connectivity index (χ1) is 15.3. The monoisotopic (exact) mass is 466 g/mol. The number of nitrogens with two attached hydrogens (primary N) is 1. The zero-order chi connectivity index (χ0) is 22.6. The Morgan fingerprint density at radius 2 is 1.33 bits per heavy atom. The summed E-state index contributed by atoms with van der Waals surface area (Å²) in [5, 5.41) is 4.78. The Morgan fingerprint density at radius 1 is 0.758 bits per heavy atom. The number of nitrogen functional groups attached to an aromatic ring is 1. The molecule has 3 N–H and O–H groups in total. The van der Waals surface area contributed by atoms with Crippen LogP contribution in [-0.4, -0.2) is 24.5 Å². The van der Waals surface area contributed by atoms with E-state index < -0.39 is 32.3 Å². The van der Waals surface area contributed by atoms with E-state index in [4.69, 9.17) is 5.73 Å². The van der Waals surface area contributed by atoms with Gasteiger partial charge >= 0.3 is 29.6 Å². The maximum Gasteiger partial charge on any atom is 1.00 e. The van der Waals surface area contributed by atoms with Crippen LogP contribution in [-0.2, 0) is 10.1 Å². The van der Waals surface area contributed by atoms with Gasteiger partial charge in [-0.25, -0.2) is 8.42 Å². The SMILES string of the molecule is Nc1c(S(=O)(=O)[O-])cc(Nc2cccc3ccccc23)c2c1C(=O)c1ccccc1C2=O.[Na+]. The summed E-state index contributed by atoms with van der Waals surface area (Å²) in [7, 11) is -5.02. The number of fused-ring (bicyclic) bond motifs is 3. The molecule has 0 atom stereocenters. The van der Waals surface area contributed by atoms with Crippen molar-refractivity contribution in [3.05, 3.63) is 95.1 Å². The molecule has 1 aliphatic rings. The van der Waals surface area contributed by atoms with Gasteiger partial charge in [0.05, 0.1) is 27.4 Å². The molecular formula is C24H15N2NaO5S. The topological polar surface area (TPSA) is 129 Å². The van der Waals surface area contributed by atoms with E-state index in [2.05, 4.69) is 5.32 Å². The van der Waals surface area contributed by atoms with Gasteiger partial charge < -0.3 is 15.6 Å². The third kappa shape index (κ3) is 3.76. The second-order valence-electron chi connectivity index (χ2n) is 7.40. The van der Waals surface area contributed by atoms with Crippen LogP contribution in [0.2, 0.25) is 0 Å². The first-order valence-corrected chi connectivity index (χ1v) is 11.0. The van der Waals surface area contributed by atoms with Gasteiger partial charge in [0.2, 0.25) is 0 Å². The van der Waals surface area contributed by atoms with Crippen molar-refractivity contribution in [3.8, 4) is 0 Å². The van der Waals surface area contributed by atoms with E-state index in [9.17, 15) is 22.6 Å². The number of rotatable bonds is 3. The van der Waals surface area contributed by atoms with Crippen molar-refractivity contribution < 1.29 is 52.1 Å². The number of hydrogen-bond acceptors (Lipinski definition) is 7. The molecule has 0 saturated carbocycles. The van der Waals surface area contributed by atoms with Crippen LogP contribution in [0, 0.1) is 0 Å². The van der Waals surface area contributed by atoms with Gasteiger partial charge in [0.15, 0.2) is 11.6 Å². The zero-order valence-corrected chi connectivity index (χ0v) is 20.3. The number of benzene rings is 4.